The minimum Gasteiger partial charge on any atom is -0.480 e. The summed E-state index contributed by atoms with van der Waals surface area (Å²) >= 11 is 0.987. The molecular formula is C5H10N2O2S. The van der Waals surface area contributed by atoms with Crippen molar-refractivity contribution >= 4 is 17.9 Å². The number of rotatable bonds is 5. The first kappa shape index (κ1) is 9.32. The van der Waals surface area contributed by atoms with Crippen LogP contribution in [0.3, 0.4) is 0 Å². The molecule has 0 unspecified atom stereocenters. The number of carboxylic acid groups (broad SMARTS) is 1. The third-order valence-electron chi connectivity index (χ3n) is 0.880. The van der Waals surface area contributed by atoms with Gasteiger partial charge in [-0.3, -0.25) is 5.14 Å². The molecule has 4 N–H and O–H groups in total. The van der Waals surface area contributed by atoms with Gasteiger partial charge in [-0.25, -0.2) is 4.79 Å². The molecule has 0 radical (unpaired) electrons. The topological polar surface area (TPSA) is 75.3 Å². The highest BCUT2D eigenvalue weighted by atomic mass is 32.2. The van der Waals surface area contributed by atoms with Crippen molar-refractivity contribution in [3.8, 4) is 0 Å². The first-order chi connectivity index (χ1) is 4.72. The molecule has 0 aromatic carbocycles. The van der Waals surface area contributed by atoms with Gasteiger partial charge in [0.25, 0.3) is 0 Å². The number of carbonyl (C=O) groups is 1. The summed E-state index contributed by atoms with van der Waals surface area (Å²) < 4.78 is 0. The predicted octanol–water partition coefficient (Wildman–Crippen LogP) is -0.220. The second kappa shape index (κ2) is 5.13. The maximum atomic E-state index is 10.3. The Balaban J connectivity index is 3.71. The molecule has 0 heterocycles. The van der Waals surface area contributed by atoms with Gasteiger partial charge in [0.2, 0.25) is 0 Å². The minimum absolute atomic E-state index is 0.335. The summed E-state index contributed by atoms with van der Waals surface area (Å²) in [5.74, 6) is -0.584. The van der Waals surface area contributed by atoms with Crippen molar-refractivity contribution in [1.29, 1.82) is 0 Å². The van der Waals surface area contributed by atoms with E-state index in [0.717, 1.165) is 11.9 Å². The Morgan fingerprint density at radius 2 is 2.60 bits per heavy atom. The summed E-state index contributed by atoms with van der Waals surface area (Å²) in [6, 6.07) is -0.632. The van der Waals surface area contributed by atoms with Crippen LogP contribution in [0.2, 0.25) is 0 Å². The van der Waals surface area contributed by atoms with Gasteiger partial charge in [-0.2, -0.15) is 0 Å². The molecular weight excluding hydrogens is 152 g/mol. The largest absolute Gasteiger partial charge is 0.480 e. The van der Waals surface area contributed by atoms with Crippen LogP contribution in [0.15, 0.2) is 12.8 Å². The molecule has 0 aliphatic rings. The van der Waals surface area contributed by atoms with Crippen LogP contribution in [0.5, 0.6) is 0 Å². The number of hydrogen-bond acceptors (Lipinski definition) is 4. The van der Waals surface area contributed by atoms with E-state index in [1.54, 1.807) is 0 Å². The number of hydrogen-bond donors (Lipinski definition) is 3. The normalized spacial score (nSPS) is 12.1. The molecule has 0 saturated heterocycles. The van der Waals surface area contributed by atoms with Crippen LogP contribution in [0, 0.1) is 0 Å². The van der Waals surface area contributed by atoms with Crippen LogP contribution < -0.4 is 10.5 Å². The summed E-state index contributed by atoms with van der Waals surface area (Å²) in [6.07, 6.45) is 1.34. The molecule has 58 valence electrons. The summed E-state index contributed by atoms with van der Waals surface area (Å²) in [4.78, 5) is 10.3. The van der Waals surface area contributed by atoms with E-state index in [-0.39, 0.29) is 0 Å². The number of aliphatic carboxylic acids is 1. The molecule has 10 heavy (non-hydrogen) atoms. The van der Waals surface area contributed by atoms with Gasteiger partial charge in [0, 0.05) is 5.75 Å². The van der Waals surface area contributed by atoms with Crippen molar-refractivity contribution in [1.82, 2.24) is 5.32 Å². The molecule has 0 fully saturated rings. The highest BCUT2D eigenvalue weighted by Crippen LogP contribution is 1.93. The van der Waals surface area contributed by atoms with Crippen LogP contribution in [0.4, 0.5) is 0 Å². The summed E-state index contributed by atoms with van der Waals surface area (Å²) in [7, 11) is 0. The molecule has 0 bridgehead atoms. The van der Waals surface area contributed by atoms with Crippen LogP contribution in [-0.4, -0.2) is 22.9 Å². The second-order valence-electron chi connectivity index (χ2n) is 1.59. The lowest BCUT2D eigenvalue weighted by atomic mass is 10.3. The minimum atomic E-state index is -0.919. The zero-order chi connectivity index (χ0) is 7.98. The maximum Gasteiger partial charge on any atom is 0.327 e. The van der Waals surface area contributed by atoms with Gasteiger partial charge >= 0.3 is 5.97 Å². The van der Waals surface area contributed by atoms with Crippen LogP contribution in [0.25, 0.3) is 0 Å². The van der Waals surface area contributed by atoms with Gasteiger partial charge in [0.15, 0.2) is 0 Å². The van der Waals surface area contributed by atoms with Gasteiger partial charge in [-0.1, -0.05) is 18.5 Å². The van der Waals surface area contributed by atoms with E-state index in [4.69, 9.17) is 10.2 Å². The van der Waals surface area contributed by atoms with Gasteiger partial charge in [0.05, 0.1) is 0 Å². The third kappa shape index (κ3) is 3.37. The maximum absolute atomic E-state index is 10.3. The average Bonchev–Trinajstić information content (AvgIpc) is 1.87. The lowest BCUT2D eigenvalue weighted by molar-refractivity contribution is -0.138. The van der Waals surface area contributed by atoms with Crippen molar-refractivity contribution < 1.29 is 9.90 Å². The molecule has 0 rings (SSSR count). The molecule has 0 aliphatic carbocycles. The van der Waals surface area contributed by atoms with E-state index >= 15 is 0 Å². The first-order valence-electron chi connectivity index (χ1n) is 2.63. The molecule has 0 amide bonds. The Morgan fingerprint density at radius 3 is 2.90 bits per heavy atom. The van der Waals surface area contributed by atoms with E-state index in [9.17, 15) is 4.79 Å². The fourth-order valence-electron chi connectivity index (χ4n) is 0.429. The molecule has 0 spiro atoms. The first-order valence-corrected chi connectivity index (χ1v) is 3.68. The van der Waals surface area contributed by atoms with Crippen LogP contribution in [-0.2, 0) is 4.79 Å². The van der Waals surface area contributed by atoms with E-state index in [1.807, 2.05) is 0 Å². The molecule has 0 saturated carbocycles. The summed E-state index contributed by atoms with van der Waals surface area (Å²) in [6.45, 7) is 3.34. The van der Waals surface area contributed by atoms with Crippen molar-refractivity contribution in [3.05, 3.63) is 12.8 Å². The molecule has 0 aromatic heterocycles. The monoisotopic (exact) mass is 162 g/mol. The molecule has 0 aromatic rings. The highest BCUT2D eigenvalue weighted by molar-refractivity contribution is 7.97. The average molecular weight is 162 g/mol. The lowest BCUT2D eigenvalue weighted by Gasteiger charge is -2.08. The van der Waals surface area contributed by atoms with Crippen LogP contribution >= 0.6 is 11.9 Å². The van der Waals surface area contributed by atoms with Crippen molar-refractivity contribution in [3.63, 3.8) is 0 Å². The second-order valence-corrected chi connectivity index (χ2v) is 2.26. The number of nitrogens with two attached hydrogens (primary N) is 1. The zero-order valence-electron chi connectivity index (χ0n) is 5.41. The Labute approximate surface area is 63.6 Å². The summed E-state index contributed by atoms with van der Waals surface area (Å²) in [5.41, 5.74) is 0. The van der Waals surface area contributed by atoms with E-state index in [1.165, 1.54) is 6.20 Å². The van der Waals surface area contributed by atoms with Gasteiger partial charge in [-0.05, 0) is 6.20 Å². The molecule has 1 atom stereocenters. The van der Waals surface area contributed by atoms with E-state index in [2.05, 4.69) is 11.9 Å². The van der Waals surface area contributed by atoms with Crippen molar-refractivity contribution in [2.45, 2.75) is 6.04 Å². The van der Waals surface area contributed by atoms with Gasteiger partial charge in [0.1, 0.15) is 6.04 Å². The lowest BCUT2D eigenvalue weighted by Crippen LogP contribution is -2.35. The SMILES string of the molecule is C=CN[C@H](CSN)C(=O)O. The molecule has 5 heteroatoms. The molecule has 0 aliphatic heterocycles. The Hall–Kier alpha value is -0.680. The third-order valence-corrected chi connectivity index (χ3v) is 1.41. The number of carboxylic acids is 1. The zero-order valence-corrected chi connectivity index (χ0v) is 6.23. The van der Waals surface area contributed by atoms with Crippen molar-refractivity contribution in [2.75, 3.05) is 5.75 Å². The smallest absolute Gasteiger partial charge is 0.327 e. The van der Waals surface area contributed by atoms with Gasteiger partial charge < -0.3 is 10.4 Å². The fourth-order valence-corrected chi connectivity index (χ4v) is 0.860. The standard InChI is InChI=1S/C5H10N2O2S/c1-2-7-4(3-10-6)5(8)9/h2,4,7H,1,3,6H2,(H,8,9)/t4-/m1/s1. The van der Waals surface area contributed by atoms with Crippen molar-refractivity contribution in [2.24, 2.45) is 5.14 Å². The number of nitrogens with one attached hydrogen (secondary N) is 1. The van der Waals surface area contributed by atoms with Gasteiger partial charge in [-0.15, -0.1) is 0 Å². The van der Waals surface area contributed by atoms with E-state index in [0.29, 0.717) is 5.75 Å². The predicted molar refractivity (Wildman–Crippen MR) is 41.4 cm³/mol. The summed E-state index contributed by atoms with van der Waals surface area (Å²) in [5, 5.41) is 16.1. The highest BCUT2D eigenvalue weighted by Gasteiger charge is 2.13. The molecule has 4 nitrogen and oxygen atoms in total. The Kier molecular flexibility index (Phi) is 4.78. The quantitative estimate of drug-likeness (QED) is 0.487. The Morgan fingerprint density at radius 1 is 2.00 bits per heavy atom. The van der Waals surface area contributed by atoms with Crippen LogP contribution in [0.1, 0.15) is 0 Å². The fraction of sp³-hybridized carbons (Fsp3) is 0.400. The van der Waals surface area contributed by atoms with E-state index < -0.39 is 12.0 Å². The Bertz CT molecular complexity index is 129.